The molecule has 0 unspecified atom stereocenters. The number of anilines is 1. The Bertz CT molecular complexity index is 921. The number of rotatable bonds is 8. The molecule has 2 aromatic carbocycles. The van der Waals surface area contributed by atoms with Crippen molar-refractivity contribution < 1.29 is 17.9 Å². The number of nitrogens with zero attached hydrogens (tertiary/aromatic N) is 2. The van der Waals surface area contributed by atoms with Gasteiger partial charge in [0.25, 0.3) is 0 Å². The highest BCUT2D eigenvalue weighted by Crippen LogP contribution is 2.28. The standard InChI is InChI=1S/C23H30N2O4S/c1-3-4-16-25(20-8-6-5-7-9-20)23(26)19-14-17-24(18-15-19)30(27,28)22-12-10-21(29-2)11-13-22/h5-13,19H,3-4,14-18H2,1-2H3. The van der Waals surface area contributed by atoms with E-state index in [-0.39, 0.29) is 16.7 Å². The highest BCUT2D eigenvalue weighted by molar-refractivity contribution is 7.89. The zero-order valence-electron chi connectivity index (χ0n) is 17.7. The molecule has 3 rings (SSSR count). The monoisotopic (exact) mass is 430 g/mol. The van der Waals surface area contributed by atoms with E-state index in [0.717, 1.165) is 18.5 Å². The van der Waals surface area contributed by atoms with Crippen LogP contribution in [-0.4, -0.2) is 45.4 Å². The van der Waals surface area contributed by atoms with Crippen LogP contribution in [0.5, 0.6) is 5.75 Å². The summed E-state index contributed by atoms with van der Waals surface area (Å²) >= 11 is 0. The number of sulfonamides is 1. The van der Waals surface area contributed by atoms with E-state index in [2.05, 4.69) is 6.92 Å². The lowest BCUT2D eigenvalue weighted by Gasteiger charge is -2.33. The molecule has 0 saturated carbocycles. The van der Waals surface area contributed by atoms with E-state index in [4.69, 9.17) is 4.74 Å². The van der Waals surface area contributed by atoms with E-state index < -0.39 is 10.0 Å². The lowest BCUT2D eigenvalue weighted by molar-refractivity contribution is -0.123. The summed E-state index contributed by atoms with van der Waals surface area (Å²) in [6, 6.07) is 16.1. The molecule has 162 valence electrons. The minimum atomic E-state index is -3.57. The van der Waals surface area contributed by atoms with E-state index in [1.807, 2.05) is 35.2 Å². The summed E-state index contributed by atoms with van der Waals surface area (Å²) in [4.78, 5) is 15.4. The number of hydrogen-bond donors (Lipinski definition) is 0. The SMILES string of the molecule is CCCCN(C(=O)C1CCN(S(=O)(=O)c2ccc(OC)cc2)CC1)c1ccccc1. The minimum absolute atomic E-state index is 0.0937. The van der Waals surface area contributed by atoms with E-state index in [0.29, 0.717) is 38.2 Å². The molecule has 0 bridgehead atoms. The molecule has 1 saturated heterocycles. The predicted octanol–water partition coefficient (Wildman–Crippen LogP) is 3.93. The average Bonchev–Trinajstić information content (AvgIpc) is 2.80. The van der Waals surface area contributed by atoms with Crippen molar-refractivity contribution in [2.45, 2.75) is 37.5 Å². The Morgan fingerprint density at radius 3 is 2.27 bits per heavy atom. The van der Waals surface area contributed by atoms with Crippen LogP contribution in [0.3, 0.4) is 0 Å². The van der Waals surface area contributed by atoms with Gasteiger partial charge in [0, 0.05) is 31.2 Å². The summed E-state index contributed by atoms with van der Waals surface area (Å²) < 4.78 is 32.5. The van der Waals surface area contributed by atoms with Crippen molar-refractivity contribution >= 4 is 21.6 Å². The van der Waals surface area contributed by atoms with Gasteiger partial charge in [0.2, 0.25) is 15.9 Å². The Morgan fingerprint density at radius 2 is 1.70 bits per heavy atom. The Balaban J connectivity index is 1.67. The smallest absolute Gasteiger partial charge is 0.243 e. The molecule has 0 atom stereocenters. The molecule has 30 heavy (non-hydrogen) atoms. The number of carbonyl (C=O) groups is 1. The summed E-state index contributed by atoms with van der Waals surface area (Å²) in [6.07, 6.45) is 3.01. The first-order valence-corrected chi connectivity index (χ1v) is 11.9. The van der Waals surface area contributed by atoms with Gasteiger partial charge in [-0.3, -0.25) is 4.79 Å². The van der Waals surface area contributed by atoms with Crippen LogP contribution in [0.4, 0.5) is 5.69 Å². The molecule has 0 radical (unpaired) electrons. The van der Waals surface area contributed by atoms with Crippen molar-refractivity contribution in [2.75, 3.05) is 31.6 Å². The van der Waals surface area contributed by atoms with Gasteiger partial charge in [-0.15, -0.1) is 0 Å². The van der Waals surface area contributed by atoms with Crippen molar-refractivity contribution in [3.63, 3.8) is 0 Å². The second-order valence-electron chi connectivity index (χ2n) is 7.53. The number of benzene rings is 2. The third-order valence-corrected chi connectivity index (χ3v) is 7.48. The van der Waals surface area contributed by atoms with Gasteiger partial charge in [0.1, 0.15) is 5.75 Å². The van der Waals surface area contributed by atoms with Crippen molar-refractivity contribution in [3.8, 4) is 5.75 Å². The topological polar surface area (TPSA) is 66.9 Å². The molecule has 6 nitrogen and oxygen atoms in total. The number of para-hydroxylation sites is 1. The molecular weight excluding hydrogens is 400 g/mol. The number of ether oxygens (including phenoxy) is 1. The Labute approximate surface area is 179 Å². The summed E-state index contributed by atoms with van der Waals surface area (Å²) in [5.74, 6) is 0.548. The van der Waals surface area contributed by atoms with Crippen LogP contribution >= 0.6 is 0 Å². The molecule has 0 aliphatic carbocycles. The lowest BCUT2D eigenvalue weighted by atomic mass is 9.96. The molecule has 0 N–H and O–H groups in total. The van der Waals surface area contributed by atoms with E-state index in [1.54, 1.807) is 31.4 Å². The molecule has 1 amide bonds. The number of amides is 1. The van der Waals surface area contributed by atoms with Crippen LogP contribution < -0.4 is 9.64 Å². The fourth-order valence-electron chi connectivity index (χ4n) is 3.75. The molecular formula is C23H30N2O4S. The Kier molecular flexibility index (Phi) is 7.50. The normalized spacial score (nSPS) is 15.7. The lowest BCUT2D eigenvalue weighted by Crippen LogP contribution is -2.44. The van der Waals surface area contributed by atoms with E-state index in [1.165, 1.54) is 4.31 Å². The molecule has 0 aromatic heterocycles. The maximum absolute atomic E-state index is 13.2. The van der Waals surface area contributed by atoms with Gasteiger partial charge in [-0.2, -0.15) is 4.31 Å². The first-order chi connectivity index (χ1) is 14.5. The second-order valence-corrected chi connectivity index (χ2v) is 9.47. The van der Waals surface area contributed by atoms with Gasteiger partial charge < -0.3 is 9.64 Å². The molecule has 1 aliphatic heterocycles. The van der Waals surface area contributed by atoms with Gasteiger partial charge >= 0.3 is 0 Å². The third-order valence-electron chi connectivity index (χ3n) is 5.57. The van der Waals surface area contributed by atoms with Crippen molar-refractivity contribution in [1.82, 2.24) is 4.31 Å². The van der Waals surface area contributed by atoms with Gasteiger partial charge in [-0.05, 0) is 55.7 Å². The van der Waals surface area contributed by atoms with Crippen molar-refractivity contribution in [3.05, 3.63) is 54.6 Å². The highest BCUT2D eigenvalue weighted by Gasteiger charge is 2.34. The van der Waals surface area contributed by atoms with Crippen LogP contribution in [0.2, 0.25) is 0 Å². The average molecular weight is 431 g/mol. The number of methoxy groups -OCH3 is 1. The third kappa shape index (κ3) is 5.02. The van der Waals surface area contributed by atoms with Gasteiger partial charge in [0.15, 0.2) is 0 Å². The van der Waals surface area contributed by atoms with Gasteiger partial charge in [-0.1, -0.05) is 31.5 Å². The highest BCUT2D eigenvalue weighted by atomic mass is 32.2. The van der Waals surface area contributed by atoms with Crippen LogP contribution in [0.15, 0.2) is 59.5 Å². The number of piperidine rings is 1. The largest absolute Gasteiger partial charge is 0.497 e. The maximum Gasteiger partial charge on any atom is 0.243 e. The molecule has 1 heterocycles. The maximum atomic E-state index is 13.2. The molecule has 2 aromatic rings. The summed E-state index contributed by atoms with van der Waals surface area (Å²) in [5, 5.41) is 0. The summed E-state index contributed by atoms with van der Waals surface area (Å²) in [7, 11) is -2.02. The summed E-state index contributed by atoms with van der Waals surface area (Å²) in [6.45, 7) is 3.49. The van der Waals surface area contributed by atoms with Crippen molar-refractivity contribution in [2.24, 2.45) is 5.92 Å². The fraction of sp³-hybridized carbons (Fsp3) is 0.435. The van der Waals surface area contributed by atoms with E-state index >= 15 is 0 Å². The summed E-state index contributed by atoms with van der Waals surface area (Å²) in [5.41, 5.74) is 0.907. The Morgan fingerprint density at radius 1 is 1.07 bits per heavy atom. The number of hydrogen-bond acceptors (Lipinski definition) is 4. The minimum Gasteiger partial charge on any atom is -0.497 e. The second kappa shape index (κ2) is 10.1. The van der Waals surface area contributed by atoms with Crippen molar-refractivity contribution in [1.29, 1.82) is 0 Å². The zero-order valence-corrected chi connectivity index (χ0v) is 18.5. The molecule has 1 aliphatic rings. The molecule has 0 spiro atoms. The zero-order chi connectivity index (χ0) is 21.6. The van der Waals surface area contributed by atoms with Gasteiger partial charge in [-0.25, -0.2) is 8.42 Å². The first-order valence-electron chi connectivity index (χ1n) is 10.5. The number of carbonyl (C=O) groups excluding carboxylic acids is 1. The van der Waals surface area contributed by atoms with Crippen LogP contribution in [0, 0.1) is 5.92 Å². The van der Waals surface area contributed by atoms with Crippen LogP contribution in [0.1, 0.15) is 32.6 Å². The quantitative estimate of drug-likeness (QED) is 0.636. The number of unbranched alkanes of at least 4 members (excludes halogenated alkanes) is 1. The first kappa shape index (κ1) is 22.3. The molecule has 1 fully saturated rings. The van der Waals surface area contributed by atoms with Gasteiger partial charge in [0.05, 0.1) is 12.0 Å². The Hall–Kier alpha value is -2.38. The van der Waals surface area contributed by atoms with Crippen LogP contribution in [0.25, 0.3) is 0 Å². The molecule has 7 heteroatoms. The fourth-order valence-corrected chi connectivity index (χ4v) is 5.22. The van der Waals surface area contributed by atoms with E-state index in [9.17, 15) is 13.2 Å². The van der Waals surface area contributed by atoms with Crippen LogP contribution in [-0.2, 0) is 14.8 Å². The predicted molar refractivity (Wildman–Crippen MR) is 118 cm³/mol.